The highest BCUT2D eigenvalue weighted by molar-refractivity contribution is 6.42. The van der Waals surface area contributed by atoms with E-state index in [4.69, 9.17) is 33.7 Å². The molecule has 0 radical (unpaired) electrons. The lowest BCUT2D eigenvalue weighted by molar-refractivity contribution is 0.464. The van der Waals surface area contributed by atoms with Crippen molar-refractivity contribution in [3.05, 3.63) is 40.8 Å². The molecule has 2 aromatic rings. The van der Waals surface area contributed by atoms with Gasteiger partial charge >= 0.3 is 0 Å². The zero-order valence-corrected chi connectivity index (χ0v) is 9.53. The number of halogens is 2. The van der Waals surface area contributed by atoms with Crippen molar-refractivity contribution in [3.8, 4) is 11.6 Å². The molecule has 2 rings (SSSR count). The van der Waals surface area contributed by atoms with E-state index in [9.17, 15) is 0 Å². The van der Waals surface area contributed by atoms with Crippen molar-refractivity contribution in [2.75, 3.05) is 5.73 Å². The Kier molecular flexibility index (Phi) is 3.12. The quantitative estimate of drug-likeness (QED) is 0.838. The predicted octanol–water partition coefficient (Wildman–Crippen LogP) is 3.16. The Morgan fingerprint density at radius 2 is 1.94 bits per heavy atom. The van der Waals surface area contributed by atoms with Gasteiger partial charge in [0.05, 0.1) is 15.7 Å². The molecule has 1 aromatic heterocycles. The summed E-state index contributed by atoms with van der Waals surface area (Å²) in [4.78, 5) is 7.67. The van der Waals surface area contributed by atoms with E-state index in [0.29, 0.717) is 27.4 Å². The van der Waals surface area contributed by atoms with E-state index in [1.807, 2.05) is 0 Å². The van der Waals surface area contributed by atoms with Gasteiger partial charge in [-0.15, -0.1) is 0 Å². The number of ether oxygens (including phenoxy) is 1. The number of benzene rings is 1. The van der Waals surface area contributed by atoms with Crippen molar-refractivity contribution in [3.63, 3.8) is 0 Å². The highest BCUT2D eigenvalue weighted by atomic mass is 35.5. The number of anilines is 1. The Hall–Kier alpha value is -1.52. The summed E-state index contributed by atoms with van der Waals surface area (Å²) in [5.41, 5.74) is 6.12. The van der Waals surface area contributed by atoms with Crippen molar-refractivity contribution in [2.45, 2.75) is 0 Å². The largest absolute Gasteiger partial charge is 0.437 e. The minimum atomic E-state index is 0.375. The molecule has 0 aliphatic carbocycles. The second-order valence-corrected chi connectivity index (χ2v) is 3.77. The molecule has 4 nitrogen and oxygen atoms in total. The molecule has 16 heavy (non-hydrogen) atoms. The van der Waals surface area contributed by atoms with Gasteiger partial charge in [0.15, 0.2) is 5.75 Å². The van der Waals surface area contributed by atoms with Crippen LogP contribution < -0.4 is 10.5 Å². The van der Waals surface area contributed by atoms with Gasteiger partial charge in [-0.1, -0.05) is 23.2 Å². The van der Waals surface area contributed by atoms with Crippen LogP contribution in [0.5, 0.6) is 11.6 Å². The monoisotopic (exact) mass is 255 g/mol. The third-order valence-electron chi connectivity index (χ3n) is 1.82. The van der Waals surface area contributed by atoms with Gasteiger partial charge < -0.3 is 10.5 Å². The average molecular weight is 256 g/mol. The van der Waals surface area contributed by atoms with E-state index in [2.05, 4.69) is 9.97 Å². The van der Waals surface area contributed by atoms with E-state index in [0.717, 1.165) is 0 Å². The highest BCUT2D eigenvalue weighted by Gasteiger charge is 2.07. The maximum absolute atomic E-state index is 5.85. The fourth-order valence-electron chi connectivity index (χ4n) is 1.08. The second kappa shape index (κ2) is 4.55. The smallest absolute Gasteiger partial charge is 0.222 e. The van der Waals surface area contributed by atoms with Crippen LogP contribution in [-0.2, 0) is 0 Å². The third-order valence-corrected chi connectivity index (χ3v) is 2.54. The molecule has 0 amide bonds. The van der Waals surface area contributed by atoms with Crippen molar-refractivity contribution < 1.29 is 4.74 Å². The predicted molar refractivity (Wildman–Crippen MR) is 63.0 cm³/mol. The number of rotatable bonds is 2. The Morgan fingerprint density at radius 1 is 1.19 bits per heavy atom. The van der Waals surface area contributed by atoms with Gasteiger partial charge in [0, 0.05) is 18.3 Å². The molecule has 0 aliphatic heterocycles. The minimum Gasteiger partial charge on any atom is -0.437 e. The summed E-state index contributed by atoms with van der Waals surface area (Å²) in [6.07, 6.45) is 2.94. The van der Waals surface area contributed by atoms with E-state index in [-0.39, 0.29) is 0 Å². The summed E-state index contributed by atoms with van der Waals surface area (Å²) in [5, 5.41) is 0.758. The number of hydrogen-bond acceptors (Lipinski definition) is 4. The Labute approximate surface area is 102 Å². The minimum absolute atomic E-state index is 0.375. The first kappa shape index (κ1) is 11.0. The van der Waals surface area contributed by atoms with Crippen LogP contribution in [0.25, 0.3) is 0 Å². The van der Waals surface area contributed by atoms with E-state index in [1.165, 1.54) is 12.4 Å². The summed E-state index contributed by atoms with van der Waals surface area (Å²) in [7, 11) is 0. The fraction of sp³-hybridized carbons (Fsp3) is 0. The lowest BCUT2D eigenvalue weighted by Crippen LogP contribution is -1.94. The maximum atomic E-state index is 5.85. The molecule has 0 saturated heterocycles. The molecule has 0 fully saturated rings. The average Bonchev–Trinajstić information content (AvgIpc) is 2.27. The van der Waals surface area contributed by atoms with Gasteiger partial charge in [0.25, 0.3) is 0 Å². The molecule has 82 valence electrons. The van der Waals surface area contributed by atoms with Crippen LogP contribution >= 0.6 is 23.2 Å². The lowest BCUT2D eigenvalue weighted by atomic mass is 10.3. The van der Waals surface area contributed by atoms with Crippen LogP contribution in [0.3, 0.4) is 0 Å². The lowest BCUT2D eigenvalue weighted by Gasteiger charge is -2.08. The molecule has 6 heteroatoms. The normalized spacial score (nSPS) is 10.1. The summed E-state index contributed by atoms with van der Waals surface area (Å²) in [6, 6.07) is 4.68. The van der Waals surface area contributed by atoms with E-state index < -0.39 is 0 Å². The van der Waals surface area contributed by atoms with Crippen molar-refractivity contribution in [1.29, 1.82) is 0 Å². The van der Waals surface area contributed by atoms with Crippen LogP contribution in [-0.4, -0.2) is 9.97 Å². The molecule has 0 unspecified atom stereocenters. The summed E-state index contributed by atoms with van der Waals surface area (Å²) < 4.78 is 5.43. The van der Waals surface area contributed by atoms with E-state index >= 15 is 0 Å². The van der Waals surface area contributed by atoms with Gasteiger partial charge in [0.1, 0.15) is 6.33 Å². The first-order valence-electron chi connectivity index (χ1n) is 4.35. The zero-order chi connectivity index (χ0) is 11.5. The molecule has 1 heterocycles. The molecule has 0 spiro atoms. The van der Waals surface area contributed by atoms with Gasteiger partial charge in [-0.25, -0.2) is 9.97 Å². The Morgan fingerprint density at radius 3 is 2.62 bits per heavy atom. The number of nitrogens with two attached hydrogens (primary N) is 1. The van der Waals surface area contributed by atoms with Crippen LogP contribution in [0.15, 0.2) is 30.7 Å². The second-order valence-electron chi connectivity index (χ2n) is 2.95. The number of hydrogen-bond donors (Lipinski definition) is 1. The van der Waals surface area contributed by atoms with Crippen LogP contribution in [0, 0.1) is 0 Å². The molecular weight excluding hydrogens is 249 g/mol. The number of nitrogen functional groups attached to an aromatic ring is 1. The number of nitrogens with zero attached hydrogens (tertiary/aromatic N) is 2. The summed E-state index contributed by atoms with van der Waals surface area (Å²) >= 11 is 11.6. The molecule has 0 bridgehead atoms. The van der Waals surface area contributed by atoms with Crippen LogP contribution in [0.2, 0.25) is 10.0 Å². The molecular formula is C10H7Cl2N3O. The molecule has 0 aliphatic rings. The maximum Gasteiger partial charge on any atom is 0.222 e. The van der Waals surface area contributed by atoms with Gasteiger partial charge in [-0.05, 0) is 6.07 Å². The van der Waals surface area contributed by atoms with Crippen molar-refractivity contribution >= 4 is 28.9 Å². The molecule has 1 aromatic carbocycles. The Bertz CT molecular complexity index is 505. The van der Waals surface area contributed by atoms with Gasteiger partial charge in [0.2, 0.25) is 5.88 Å². The van der Waals surface area contributed by atoms with Crippen molar-refractivity contribution in [1.82, 2.24) is 9.97 Å². The SMILES string of the molecule is Nc1cc(Cl)c(Cl)cc1Oc1ccncn1. The molecule has 0 saturated carbocycles. The third kappa shape index (κ3) is 2.35. The summed E-state index contributed by atoms with van der Waals surface area (Å²) in [5.74, 6) is 0.799. The standard InChI is InChI=1S/C10H7Cl2N3O/c11-6-3-8(13)9(4-7(6)12)16-10-1-2-14-5-15-10/h1-5H,13H2. The van der Waals surface area contributed by atoms with Gasteiger partial charge in [-0.2, -0.15) is 0 Å². The van der Waals surface area contributed by atoms with Crippen LogP contribution in [0.1, 0.15) is 0 Å². The summed E-state index contributed by atoms with van der Waals surface area (Å²) in [6.45, 7) is 0. The van der Waals surface area contributed by atoms with Crippen molar-refractivity contribution in [2.24, 2.45) is 0 Å². The topological polar surface area (TPSA) is 61.0 Å². The van der Waals surface area contributed by atoms with Gasteiger partial charge in [-0.3, -0.25) is 0 Å². The highest BCUT2D eigenvalue weighted by Crippen LogP contribution is 2.34. The molecule has 0 atom stereocenters. The van der Waals surface area contributed by atoms with Crippen LogP contribution in [0.4, 0.5) is 5.69 Å². The fourth-order valence-corrected chi connectivity index (χ4v) is 1.41. The first-order chi connectivity index (χ1) is 7.66. The van der Waals surface area contributed by atoms with E-state index in [1.54, 1.807) is 18.3 Å². The Balaban J connectivity index is 2.32. The first-order valence-corrected chi connectivity index (χ1v) is 5.11. The zero-order valence-electron chi connectivity index (χ0n) is 8.02. The molecule has 2 N–H and O–H groups in total. The number of aromatic nitrogens is 2.